The van der Waals surface area contributed by atoms with Crippen molar-refractivity contribution in [2.75, 3.05) is 26.2 Å². The Morgan fingerprint density at radius 3 is 2.71 bits per heavy atom. The Morgan fingerprint density at radius 1 is 0.917 bits per heavy atom. The van der Waals surface area contributed by atoms with Crippen molar-refractivity contribution >= 4 is 6.08 Å². The molecule has 4 rings (SSSR count). The van der Waals surface area contributed by atoms with Gasteiger partial charge < -0.3 is 9.80 Å². The van der Waals surface area contributed by atoms with E-state index in [1.165, 1.54) is 82.3 Å². The lowest BCUT2D eigenvalue weighted by atomic mass is 9.75. The number of unbranched alkanes of at least 4 members (excludes halogenated alkanes) is 1. The maximum absolute atomic E-state index is 2.76. The van der Waals surface area contributed by atoms with Gasteiger partial charge in [-0.25, -0.2) is 0 Å². The number of likely N-dealkylation sites (tertiary alicyclic amines) is 1. The molecule has 2 atom stereocenters. The van der Waals surface area contributed by atoms with Gasteiger partial charge in [0.25, 0.3) is 0 Å². The summed E-state index contributed by atoms with van der Waals surface area (Å²) in [5, 5.41) is 0. The third-order valence-corrected chi connectivity index (χ3v) is 6.44. The van der Waals surface area contributed by atoms with Crippen LogP contribution in [0.25, 0.3) is 6.08 Å². The minimum atomic E-state index is 1.02. The van der Waals surface area contributed by atoms with Crippen LogP contribution in [0.5, 0.6) is 0 Å². The van der Waals surface area contributed by atoms with Gasteiger partial charge in [0.15, 0.2) is 0 Å². The van der Waals surface area contributed by atoms with Crippen molar-refractivity contribution in [3.05, 3.63) is 41.6 Å². The summed E-state index contributed by atoms with van der Waals surface area (Å²) in [7, 11) is 0. The fourth-order valence-electron chi connectivity index (χ4n) is 4.98. The molecule has 0 N–H and O–H groups in total. The van der Waals surface area contributed by atoms with Gasteiger partial charge in [0.05, 0.1) is 0 Å². The highest BCUT2D eigenvalue weighted by molar-refractivity contribution is 5.55. The maximum Gasteiger partial charge on any atom is 0.0429 e. The molecule has 0 radical (unpaired) electrons. The standard InChI is InChI=1S/C22H32N2/c1-3-9-21-17-23(15-11-19(21)7-1)13-5-6-14-24-16-12-20-8-2-4-10-22(20)18-24/h1,3,7,9,11,15,20,22H,2,4-6,8,10,12-14,16-18H2. The van der Waals surface area contributed by atoms with Gasteiger partial charge in [-0.15, -0.1) is 0 Å². The molecule has 0 aromatic heterocycles. The third-order valence-electron chi connectivity index (χ3n) is 6.44. The molecule has 2 aliphatic heterocycles. The molecule has 2 heteroatoms. The maximum atomic E-state index is 2.76. The molecule has 130 valence electrons. The zero-order valence-electron chi connectivity index (χ0n) is 15.0. The van der Waals surface area contributed by atoms with Crippen molar-refractivity contribution in [2.45, 2.75) is 51.5 Å². The van der Waals surface area contributed by atoms with Crippen LogP contribution in [0.3, 0.4) is 0 Å². The van der Waals surface area contributed by atoms with E-state index in [4.69, 9.17) is 0 Å². The van der Waals surface area contributed by atoms with E-state index in [0.29, 0.717) is 0 Å². The molecule has 3 aliphatic rings. The van der Waals surface area contributed by atoms with Crippen molar-refractivity contribution < 1.29 is 0 Å². The quantitative estimate of drug-likeness (QED) is 0.720. The first-order valence-electron chi connectivity index (χ1n) is 10.1. The van der Waals surface area contributed by atoms with Crippen LogP contribution in [0.15, 0.2) is 30.5 Å². The van der Waals surface area contributed by atoms with Crippen LogP contribution in [0.4, 0.5) is 0 Å². The van der Waals surface area contributed by atoms with Gasteiger partial charge in [-0.1, -0.05) is 43.5 Å². The average molecular weight is 325 g/mol. The van der Waals surface area contributed by atoms with E-state index >= 15 is 0 Å². The van der Waals surface area contributed by atoms with Gasteiger partial charge in [0, 0.05) is 19.6 Å². The van der Waals surface area contributed by atoms with Gasteiger partial charge in [-0.05, 0) is 74.0 Å². The van der Waals surface area contributed by atoms with Gasteiger partial charge >= 0.3 is 0 Å². The normalized spacial score (nSPS) is 26.9. The van der Waals surface area contributed by atoms with E-state index < -0.39 is 0 Å². The molecular weight excluding hydrogens is 292 g/mol. The molecule has 2 heterocycles. The number of nitrogens with zero attached hydrogens (tertiary/aromatic N) is 2. The lowest BCUT2D eigenvalue weighted by molar-refractivity contribution is 0.0853. The number of fused-ring (bicyclic) bond motifs is 2. The van der Waals surface area contributed by atoms with Crippen LogP contribution in [0, 0.1) is 11.8 Å². The summed E-state index contributed by atoms with van der Waals surface area (Å²) >= 11 is 0. The summed E-state index contributed by atoms with van der Waals surface area (Å²) in [4.78, 5) is 5.24. The molecule has 2 fully saturated rings. The highest BCUT2D eigenvalue weighted by Crippen LogP contribution is 2.36. The summed E-state index contributed by atoms with van der Waals surface area (Å²) < 4.78 is 0. The molecular formula is C22H32N2. The summed E-state index contributed by atoms with van der Waals surface area (Å²) in [6.45, 7) is 6.35. The minimum absolute atomic E-state index is 1.02. The average Bonchev–Trinajstić information content (AvgIpc) is 2.65. The lowest BCUT2D eigenvalue weighted by Gasteiger charge is -2.41. The molecule has 2 unspecified atom stereocenters. The first-order valence-corrected chi connectivity index (χ1v) is 10.1. The topological polar surface area (TPSA) is 6.48 Å². The highest BCUT2D eigenvalue weighted by atomic mass is 15.1. The highest BCUT2D eigenvalue weighted by Gasteiger charge is 2.30. The first kappa shape index (κ1) is 16.2. The van der Waals surface area contributed by atoms with Crippen molar-refractivity contribution in [1.82, 2.24) is 9.80 Å². The Hall–Kier alpha value is -1.28. The number of hydrogen-bond donors (Lipinski definition) is 0. The van der Waals surface area contributed by atoms with Gasteiger partial charge in [0.1, 0.15) is 0 Å². The Kier molecular flexibility index (Phi) is 5.22. The summed E-state index contributed by atoms with van der Waals surface area (Å²) in [5.41, 5.74) is 2.86. The van der Waals surface area contributed by atoms with Crippen molar-refractivity contribution in [2.24, 2.45) is 11.8 Å². The van der Waals surface area contributed by atoms with E-state index in [1.54, 1.807) is 0 Å². The second-order valence-corrected chi connectivity index (χ2v) is 8.09. The molecule has 0 spiro atoms. The minimum Gasteiger partial charge on any atom is -0.373 e. The molecule has 1 aliphatic carbocycles. The fraction of sp³-hybridized carbons (Fsp3) is 0.636. The van der Waals surface area contributed by atoms with E-state index in [2.05, 4.69) is 46.3 Å². The number of piperidine rings is 1. The predicted octanol–water partition coefficient (Wildman–Crippen LogP) is 4.77. The summed E-state index contributed by atoms with van der Waals surface area (Å²) in [6.07, 6.45) is 14.7. The van der Waals surface area contributed by atoms with Crippen LogP contribution in [0.2, 0.25) is 0 Å². The van der Waals surface area contributed by atoms with Crippen molar-refractivity contribution in [1.29, 1.82) is 0 Å². The first-order chi connectivity index (χ1) is 11.9. The molecule has 1 saturated carbocycles. The zero-order chi connectivity index (χ0) is 16.2. The van der Waals surface area contributed by atoms with Gasteiger partial charge in [-0.2, -0.15) is 0 Å². The summed E-state index contributed by atoms with van der Waals surface area (Å²) in [6, 6.07) is 8.78. The predicted molar refractivity (Wildman–Crippen MR) is 102 cm³/mol. The molecule has 24 heavy (non-hydrogen) atoms. The number of rotatable bonds is 5. The van der Waals surface area contributed by atoms with E-state index in [1.807, 2.05) is 0 Å². The molecule has 1 aromatic rings. The zero-order valence-corrected chi connectivity index (χ0v) is 15.0. The second-order valence-electron chi connectivity index (χ2n) is 8.09. The summed E-state index contributed by atoms with van der Waals surface area (Å²) in [5.74, 6) is 2.09. The molecule has 2 nitrogen and oxygen atoms in total. The van der Waals surface area contributed by atoms with E-state index in [0.717, 1.165) is 18.4 Å². The number of hydrogen-bond acceptors (Lipinski definition) is 2. The van der Waals surface area contributed by atoms with Crippen LogP contribution in [0.1, 0.15) is 56.1 Å². The van der Waals surface area contributed by atoms with Gasteiger partial charge in [0.2, 0.25) is 0 Å². The third kappa shape index (κ3) is 3.85. The SMILES string of the molecule is C1=CN(CCCCN2CCC3CCCCC3C2)Cc2ccccc21. The van der Waals surface area contributed by atoms with Crippen LogP contribution in [-0.2, 0) is 6.54 Å². The monoisotopic (exact) mass is 324 g/mol. The van der Waals surface area contributed by atoms with E-state index in [9.17, 15) is 0 Å². The van der Waals surface area contributed by atoms with Crippen molar-refractivity contribution in [3.63, 3.8) is 0 Å². The van der Waals surface area contributed by atoms with E-state index in [-0.39, 0.29) is 0 Å². The molecule has 0 amide bonds. The Bertz CT molecular complexity index is 565. The fourth-order valence-corrected chi connectivity index (χ4v) is 4.98. The second kappa shape index (κ2) is 7.74. The van der Waals surface area contributed by atoms with Crippen LogP contribution in [-0.4, -0.2) is 36.0 Å². The smallest absolute Gasteiger partial charge is 0.0429 e. The lowest BCUT2D eigenvalue weighted by Crippen LogP contribution is -2.42. The Balaban J connectivity index is 1.17. The molecule has 0 bridgehead atoms. The Morgan fingerprint density at radius 2 is 1.75 bits per heavy atom. The van der Waals surface area contributed by atoms with Crippen LogP contribution >= 0.6 is 0 Å². The number of benzene rings is 1. The van der Waals surface area contributed by atoms with Gasteiger partial charge in [-0.3, -0.25) is 0 Å². The molecule has 1 aromatic carbocycles. The molecule has 1 saturated heterocycles. The Labute approximate surface area is 147 Å². The van der Waals surface area contributed by atoms with Crippen molar-refractivity contribution in [3.8, 4) is 0 Å². The largest absolute Gasteiger partial charge is 0.373 e. The van der Waals surface area contributed by atoms with Crippen LogP contribution < -0.4 is 0 Å².